The highest BCUT2D eigenvalue weighted by Crippen LogP contribution is 2.23. The molecule has 0 unspecified atom stereocenters. The highest BCUT2D eigenvalue weighted by atomic mass is 16.5. The van der Waals surface area contributed by atoms with Gasteiger partial charge in [0.25, 0.3) is 5.91 Å². The molecule has 3 aromatic carbocycles. The average molecular weight is 430 g/mol. The lowest BCUT2D eigenvalue weighted by molar-refractivity contribution is -0.118. The summed E-state index contributed by atoms with van der Waals surface area (Å²) in [6.07, 6.45) is 5.34. The summed E-state index contributed by atoms with van der Waals surface area (Å²) in [5.74, 6) is 0.0485. The minimum absolute atomic E-state index is 0.0227. The SMILES string of the molecule is O=C(COc1ccc(-c2ccccc2)cc1)Nc1ccc(C(=O)OC2CCCCC2)cc1. The normalized spacial score (nSPS) is 13.9. The fourth-order valence-electron chi connectivity index (χ4n) is 3.81. The van der Waals surface area contributed by atoms with Gasteiger partial charge in [0.1, 0.15) is 11.9 Å². The van der Waals surface area contributed by atoms with Crippen LogP contribution in [-0.2, 0) is 9.53 Å². The molecule has 0 bridgehead atoms. The summed E-state index contributed by atoms with van der Waals surface area (Å²) in [5.41, 5.74) is 3.31. The fraction of sp³-hybridized carbons (Fsp3) is 0.259. The van der Waals surface area contributed by atoms with E-state index in [0.29, 0.717) is 17.0 Å². The topological polar surface area (TPSA) is 64.6 Å². The van der Waals surface area contributed by atoms with E-state index >= 15 is 0 Å². The van der Waals surface area contributed by atoms with Crippen LogP contribution in [0.2, 0.25) is 0 Å². The third kappa shape index (κ3) is 5.97. The van der Waals surface area contributed by atoms with E-state index in [1.165, 1.54) is 6.42 Å². The van der Waals surface area contributed by atoms with Gasteiger partial charge in [0.2, 0.25) is 0 Å². The minimum Gasteiger partial charge on any atom is -0.484 e. The first-order chi connectivity index (χ1) is 15.7. The zero-order valence-corrected chi connectivity index (χ0v) is 18.0. The molecule has 1 N–H and O–H groups in total. The number of hydrogen-bond acceptors (Lipinski definition) is 4. The summed E-state index contributed by atoms with van der Waals surface area (Å²) in [6.45, 7) is -0.101. The van der Waals surface area contributed by atoms with Crippen LogP contribution in [0, 0.1) is 0 Å². The fourth-order valence-corrected chi connectivity index (χ4v) is 3.81. The van der Waals surface area contributed by atoms with Gasteiger partial charge in [-0.1, -0.05) is 48.9 Å². The van der Waals surface area contributed by atoms with Crippen LogP contribution in [0.15, 0.2) is 78.9 Å². The van der Waals surface area contributed by atoms with Crippen molar-refractivity contribution in [2.75, 3.05) is 11.9 Å². The zero-order valence-electron chi connectivity index (χ0n) is 18.0. The second-order valence-electron chi connectivity index (χ2n) is 7.97. The molecule has 0 heterocycles. The van der Waals surface area contributed by atoms with Gasteiger partial charge in [-0.2, -0.15) is 0 Å². The molecule has 164 valence electrons. The van der Waals surface area contributed by atoms with Gasteiger partial charge in [0.15, 0.2) is 6.61 Å². The van der Waals surface area contributed by atoms with Gasteiger partial charge in [-0.3, -0.25) is 4.79 Å². The van der Waals surface area contributed by atoms with E-state index in [1.54, 1.807) is 24.3 Å². The summed E-state index contributed by atoms with van der Waals surface area (Å²) in [7, 11) is 0. The van der Waals surface area contributed by atoms with Gasteiger partial charge in [-0.15, -0.1) is 0 Å². The van der Waals surface area contributed by atoms with Gasteiger partial charge < -0.3 is 14.8 Å². The van der Waals surface area contributed by atoms with Crippen molar-refractivity contribution in [3.63, 3.8) is 0 Å². The standard InChI is InChI=1S/C27H27NO4/c29-26(19-31-24-17-13-21(14-18-24)20-7-3-1-4-8-20)28-23-15-11-22(12-16-23)27(30)32-25-9-5-2-6-10-25/h1,3-4,7-8,11-18,25H,2,5-6,9-10,19H2,(H,28,29). The Bertz CT molecular complexity index is 1020. The van der Waals surface area contributed by atoms with E-state index in [0.717, 1.165) is 36.8 Å². The molecule has 32 heavy (non-hydrogen) atoms. The summed E-state index contributed by atoms with van der Waals surface area (Å²) >= 11 is 0. The lowest BCUT2D eigenvalue weighted by Crippen LogP contribution is -2.21. The molecule has 1 saturated carbocycles. The maximum atomic E-state index is 12.3. The molecule has 3 aromatic rings. The van der Waals surface area contributed by atoms with E-state index in [9.17, 15) is 9.59 Å². The lowest BCUT2D eigenvalue weighted by Gasteiger charge is -2.21. The van der Waals surface area contributed by atoms with Crippen molar-refractivity contribution >= 4 is 17.6 Å². The highest BCUT2D eigenvalue weighted by molar-refractivity contribution is 5.93. The van der Waals surface area contributed by atoms with Crippen LogP contribution in [0.5, 0.6) is 5.75 Å². The smallest absolute Gasteiger partial charge is 0.338 e. The Kier molecular flexibility index (Phi) is 7.18. The number of benzene rings is 3. The number of hydrogen-bond donors (Lipinski definition) is 1. The number of esters is 1. The number of rotatable bonds is 7. The maximum Gasteiger partial charge on any atom is 0.338 e. The lowest BCUT2D eigenvalue weighted by atomic mass is 9.98. The number of amides is 1. The molecule has 5 nitrogen and oxygen atoms in total. The number of carbonyl (C=O) groups excluding carboxylic acids is 2. The van der Waals surface area contributed by atoms with Crippen molar-refractivity contribution in [3.8, 4) is 16.9 Å². The maximum absolute atomic E-state index is 12.3. The quantitative estimate of drug-likeness (QED) is 0.478. The summed E-state index contributed by atoms with van der Waals surface area (Å²) < 4.78 is 11.2. The summed E-state index contributed by atoms with van der Waals surface area (Å²) in [6, 6.07) is 24.4. The molecule has 0 aliphatic heterocycles. The zero-order chi connectivity index (χ0) is 22.2. The van der Waals surface area contributed by atoms with Crippen LogP contribution in [0.4, 0.5) is 5.69 Å². The number of anilines is 1. The van der Waals surface area contributed by atoms with Crippen molar-refractivity contribution in [1.82, 2.24) is 0 Å². The monoisotopic (exact) mass is 429 g/mol. The number of ether oxygens (including phenoxy) is 2. The number of nitrogens with one attached hydrogen (secondary N) is 1. The average Bonchev–Trinajstić information content (AvgIpc) is 2.85. The second kappa shape index (κ2) is 10.6. The molecule has 0 atom stereocenters. The Morgan fingerprint density at radius 1 is 0.781 bits per heavy atom. The molecule has 4 rings (SSSR count). The van der Waals surface area contributed by atoms with E-state index < -0.39 is 0 Å². The van der Waals surface area contributed by atoms with Gasteiger partial charge in [-0.05, 0) is 73.2 Å². The van der Waals surface area contributed by atoms with E-state index in [1.807, 2.05) is 54.6 Å². The van der Waals surface area contributed by atoms with Gasteiger partial charge in [0, 0.05) is 5.69 Å². The molecule has 5 heteroatoms. The van der Waals surface area contributed by atoms with E-state index in [2.05, 4.69) is 5.32 Å². The van der Waals surface area contributed by atoms with E-state index in [4.69, 9.17) is 9.47 Å². The van der Waals surface area contributed by atoms with Gasteiger partial charge in [-0.25, -0.2) is 4.79 Å². The molecular weight excluding hydrogens is 402 g/mol. The van der Waals surface area contributed by atoms with E-state index in [-0.39, 0.29) is 24.6 Å². The Labute approximate surface area is 188 Å². The summed E-state index contributed by atoms with van der Waals surface area (Å²) in [4.78, 5) is 24.5. The van der Waals surface area contributed by atoms with Crippen LogP contribution in [0.3, 0.4) is 0 Å². The molecule has 1 fully saturated rings. The van der Waals surface area contributed by atoms with Crippen molar-refractivity contribution in [1.29, 1.82) is 0 Å². The van der Waals surface area contributed by atoms with Crippen molar-refractivity contribution in [2.45, 2.75) is 38.2 Å². The molecule has 0 saturated heterocycles. The molecule has 0 radical (unpaired) electrons. The molecule has 1 aliphatic carbocycles. The predicted octanol–water partition coefficient (Wildman–Crippen LogP) is 5.86. The van der Waals surface area contributed by atoms with Crippen molar-refractivity contribution in [2.24, 2.45) is 0 Å². The Morgan fingerprint density at radius 3 is 2.12 bits per heavy atom. The van der Waals surface area contributed by atoms with Crippen LogP contribution < -0.4 is 10.1 Å². The van der Waals surface area contributed by atoms with Crippen LogP contribution in [0.25, 0.3) is 11.1 Å². The second-order valence-corrected chi connectivity index (χ2v) is 7.97. The minimum atomic E-state index is -0.308. The largest absolute Gasteiger partial charge is 0.484 e. The summed E-state index contributed by atoms with van der Waals surface area (Å²) in [5, 5.41) is 2.78. The molecule has 0 aromatic heterocycles. The highest BCUT2D eigenvalue weighted by Gasteiger charge is 2.18. The van der Waals surface area contributed by atoms with Gasteiger partial charge >= 0.3 is 5.97 Å². The van der Waals surface area contributed by atoms with Crippen LogP contribution in [-0.4, -0.2) is 24.6 Å². The third-order valence-corrected chi connectivity index (χ3v) is 5.56. The Morgan fingerprint density at radius 2 is 1.44 bits per heavy atom. The number of carbonyl (C=O) groups is 2. The molecule has 1 amide bonds. The van der Waals surface area contributed by atoms with Crippen molar-refractivity contribution in [3.05, 3.63) is 84.4 Å². The first-order valence-electron chi connectivity index (χ1n) is 11.1. The molecule has 1 aliphatic rings. The van der Waals surface area contributed by atoms with Crippen LogP contribution in [0.1, 0.15) is 42.5 Å². The first-order valence-corrected chi connectivity index (χ1v) is 11.1. The predicted molar refractivity (Wildman–Crippen MR) is 125 cm³/mol. The van der Waals surface area contributed by atoms with Gasteiger partial charge in [0.05, 0.1) is 5.56 Å². The Balaban J connectivity index is 1.24. The Hall–Kier alpha value is -3.60. The van der Waals surface area contributed by atoms with Crippen LogP contribution >= 0.6 is 0 Å². The third-order valence-electron chi connectivity index (χ3n) is 5.56. The molecule has 0 spiro atoms. The van der Waals surface area contributed by atoms with Crippen molar-refractivity contribution < 1.29 is 19.1 Å². The first kappa shape index (κ1) is 21.6. The molecular formula is C27H27NO4.